The predicted octanol–water partition coefficient (Wildman–Crippen LogP) is -0.409. The van der Waals surface area contributed by atoms with Crippen molar-refractivity contribution in [3.8, 4) is 0 Å². The van der Waals surface area contributed by atoms with E-state index in [0.717, 1.165) is 0 Å². The molecule has 16 heavy (non-hydrogen) atoms. The van der Waals surface area contributed by atoms with E-state index in [1.54, 1.807) is 30.3 Å². The average Bonchev–Trinajstić information content (AvgIpc) is 2.26. The highest BCUT2D eigenvalue weighted by Gasteiger charge is 2.33. The van der Waals surface area contributed by atoms with Crippen molar-refractivity contribution in [3.05, 3.63) is 35.9 Å². The van der Waals surface area contributed by atoms with Crippen LogP contribution in [0.5, 0.6) is 0 Å². The van der Waals surface area contributed by atoms with Crippen molar-refractivity contribution >= 4 is 11.8 Å². The maximum Gasteiger partial charge on any atom is 0.242 e. The minimum absolute atomic E-state index is 0.0222. The van der Waals surface area contributed by atoms with Gasteiger partial charge in [-0.1, -0.05) is 30.3 Å². The van der Waals surface area contributed by atoms with Gasteiger partial charge in [0.2, 0.25) is 11.8 Å². The quantitative estimate of drug-likeness (QED) is 0.628. The molecule has 0 spiro atoms. The summed E-state index contributed by atoms with van der Waals surface area (Å²) in [5.74, 6) is -1.17. The zero-order chi connectivity index (χ0) is 12.2. The van der Waals surface area contributed by atoms with Gasteiger partial charge in [-0.3, -0.25) is 9.59 Å². The first kappa shape index (κ1) is 12.2. The third kappa shape index (κ3) is 2.58. The Morgan fingerprint density at radius 3 is 2.12 bits per heavy atom. The van der Waals surface area contributed by atoms with E-state index >= 15 is 0 Å². The first-order valence-corrected chi connectivity index (χ1v) is 4.89. The molecule has 0 saturated carbocycles. The maximum absolute atomic E-state index is 11.4. The van der Waals surface area contributed by atoms with Crippen LogP contribution < -0.4 is 17.2 Å². The summed E-state index contributed by atoms with van der Waals surface area (Å²) < 4.78 is 0. The van der Waals surface area contributed by atoms with Gasteiger partial charge in [0.15, 0.2) is 0 Å². The first-order chi connectivity index (χ1) is 7.47. The molecule has 1 aromatic carbocycles. The third-order valence-corrected chi connectivity index (χ3v) is 2.49. The largest absolute Gasteiger partial charge is 0.370 e. The van der Waals surface area contributed by atoms with E-state index < -0.39 is 17.4 Å². The second-order valence-corrected chi connectivity index (χ2v) is 3.67. The normalized spacial score (nSPS) is 14.1. The number of hydrogen-bond donors (Lipinski definition) is 3. The molecule has 5 nitrogen and oxygen atoms in total. The number of carbonyl (C=O) groups is 2. The van der Waals surface area contributed by atoms with E-state index in [1.165, 1.54) is 0 Å². The summed E-state index contributed by atoms with van der Waals surface area (Å²) in [6.07, 6.45) is 0.135. The molecule has 2 amide bonds. The van der Waals surface area contributed by atoms with Crippen LogP contribution in [0.3, 0.4) is 0 Å². The Morgan fingerprint density at radius 1 is 1.12 bits per heavy atom. The van der Waals surface area contributed by atoms with Gasteiger partial charge in [0.05, 0.1) is 0 Å². The number of amides is 2. The van der Waals surface area contributed by atoms with E-state index in [-0.39, 0.29) is 12.8 Å². The lowest BCUT2D eigenvalue weighted by molar-refractivity contribution is -0.124. The Morgan fingerprint density at radius 2 is 1.69 bits per heavy atom. The predicted molar refractivity (Wildman–Crippen MR) is 59.9 cm³/mol. The number of benzene rings is 1. The summed E-state index contributed by atoms with van der Waals surface area (Å²) in [6, 6.07) is 8.71. The van der Waals surface area contributed by atoms with Crippen LogP contribution in [0, 0.1) is 0 Å². The summed E-state index contributed by atoms with van der Waals surface area (Å²) in [6.45, 7) is 0. The van der Waals surface area contributed by atoms with Gasteiger partial charge < -0.3 is 17.2 Å². The minimum atomic E-state index is -1.34. The molecule has 0 radical (unpaired) electrons. The summed E-state index contributed by atoms with van der Waals surface area (Å²) in [7, 11) is 0. The zero-order valence-corrected chi connectivity index (χ0v) is 8.85. The fourth-order valence-electron chi connectivity index (χ4n) is 1.47. The van der Waals surface area contributed by atoms with Crippen LogP contribution in [0.15, 0.2) is 30.3 Å². The molecule has 5 heteroatoms. The molecule has 6 N–H and O–H groups in total. The molecule has 0 saturated heterocycles. The number of rotatable bonds is 5. The van der Waals surface area contributed by atoms with Crippen molar-refractivity contribution < 1.29 is 9.59 Å². The Labute approximate surface area is 93.6 Å². The molecule has 0 heterocycles. The standard InChI is InChI=1S/C11H15N3O2/c12-9(15)6-7-11(14,10(13)16)8-4-2-1-3-5-8/h1-5H,6-7,14H2,(H2,12,15)(H2,13,16). The van der Waals surface area contributed by atoms with Crippen molar-refractivity contribution in [3.63, 3.8) is 0 Å². The molecule has 1 aromatic rings. The molecule has 0 bridgehead atoms. The van der Waals surface area contributed by atoms with Gasteiger partial charge >= 0.3 is 0 Å². The van der Waals surface area contributed by atoms with E-state index in [4.69, 9.17) is 17.2 Å². The fourth-order valence-corrected chi connectivity index (χ4v) is 1.47. The lowest BCUT2D eigenvalue weighted by Gasteiger charge is -2.25. The van der Waals surface area contributed by atoms with Gasteiger partial charge in [-0.2, -0.15) is 0 Å². The van der Waals surface area contributed by atoms with Crippen molar-refractivity contribution in [2.75, 3.05) is 0 Å². The SMILES string of the molecule is NC(=O)CCC(N)(C(N)=O)c1ccccc1. The highest BCUT2D eigenvalue weighted by atomic mass is 16.2. The van der Waals surface area contributed by atoms with Gasteiger partial charge in [-0.05, 0) is 12.0 Å². The summed E-state index contributed by atoms with van der Waals surface area (Å²) >= 11 is 0. The number of nitrogens with two attached hydrogens (primary N) is 3. The zero-order valence-electron chi connectivity index (χ0n) is 8.85. The smallest absolute Gasteiger partial charge is 0.242 e. The van der Waals surface area contributed by atoms with Crippen molar-refractivity contribution in [1.82, 2.24) is 0 Å². The van der Waals surface area contributed by atoms with Crippen LogP contribution in [0.1, 0.15) is 18.4 Å². The minimum Gasteiger partial charge on any atom is -0.370 e. The molecule has 0 aliphatic carbocycles. The van der Waals surface area contributed by atoms with Gasteiger partial charge in [0.25, 0.3) is 0 Å². The molecule has 1 atom stereocenters. The lowest BCUT2D eigenvalue weighted by atomic mass is 9.85. The van der Waals surface area contributed by atoms with Gasteiger partial charge in [-0.25, -0.2) is 0 Å². The molecule has 0 aliphatic rings. The van der Waals surface area contributed by atoms with Crippen molar-refractivity contribution in [1.29, 1.82) is 0 Å². The van der Waals surface area contributed by atoms with Crippen LogP contribution in [0.25, 0.3) is 0 Å². The van der Waals surface area contributed by atoms with E-state index in [2.05, 4.69) is 0 Å². The molecule has 86 valence electrons. The summed E-state index contributed by atoms with van der Waals surface area (Å²) in [4.78, 5) is 22.1. The number of primary amides is 2. The maximum atomic E-state index is 11.4. The molecule has 0 fully saturated rings. The Balaban J connectivity index is 2.98. The van der Waals surface area contributed by atoms with Crippen molar-refractivity contribution in [2.45, 2.75) is 18.4 Å². The number of hydrogen-bond acceptors (Lipinski definition) is 3. The van der Waals surface area contributed by atoms with Crippen LogP contribution in [0.2, 0.25) is 0 Å². The van der Waals surface area contributed by atoms with Crippen LogP contribution >= 0.6 is 0 Å². The van der Waals surface area contributed by atoms with Crippen LogP contribution in [0.4, 0.5) is 0 Å². The highest BCUT2D eigenvalue weighted by Crippen LogP contribution is 2.23. The van der Waals surface area contributed by atoms with E-state index in [0.29, 0.717) is 5.56 Å². The van der Waals surface area contributed by atoms with Crippen LogP contribution in [-0.2, 0) is 15.1 Å². The monoisotopic (exact) mass is 221 g/mol. The molecule has 1 unspecified atom stereocenters. The van der Waals surface area contributed by atoms with Gasteiger partial charge in [-0.15, -0.1) is 0 Å². The Kier molecular flexibility index (Phi) is 3.63. The van der Waals surface area contributed by atoms with Gasteiger partial charge in [0.1, 0.15) is 5.54 Å². The van der Waals surface area contributed by atoms with Crippen LogP contribution in [-0.4, -0.2) is 11.8 Å². The van der Waals surface area contributed by atoms with E-state index in [9.17, 15) is 9.59 Å². The second kappa shape index (κ2) is 4.76. The van der Waals surface area contributed by atoms with Gasteiger partial charge in [0, 0.05) is 6.42 Å². The third-order valence-electron chi connectivity index (χ3n) is 2.49. The fraction of sp³-hybridized carbons (Fsp3) is 0.273. The molecule has 0 aromatic heterocycles. The average molecular weight is 221 g/mol. The molecular weight excluding hydrogens is 206 g/mol. The molecule has 0 aliphatic heterocycles. The van der Waals surface area contributed by atoms with Crippen molar-refractivity contribution in [2.24, 2.45) is 17.2 Å². The number of carbonyl (C=O) groups excluding carboxylic acids is 2. The lowest BCUT2D eigenvalue weighted by Crippen LogP contribution is -2.49. The Bertz CT molecular complexity index is 391. The first-order valence-electron chi connectivity index (χ1n) is 4.89. The highest BCUT2D eigenvalue weighted by molar-refractivity contribution is 5.86. The summed E-state index contributed by atoms with van der Waals surface area (Å²) in [5.41, 5.74) is 15.5. The second-order valence-electron chi connectivity index (χ2n) is 3.67. The topological polar surface area (TPSA) is 112 Å². The molecule has 1 rings (SSSR count). The molecular formula is C11H15N3O2. The Hall–Kier alpha value is -1.88. The summed E-state index contributed by atoms with van der Waals surface area (Å²) in [5, 5.41) is 0. The van der Waals surface area contributed by atoms with E-state index in [1.807, 2.05) is 0 Å².